The lowest BCUT2D eigenvalue weighted by Crippen LogP contribution is -2.33. The molecule has 3 heterocycles. The van der Waals surface area contributed by atoms with E-state index in [1.54, 1.807) is 18.3 Å². The first-order valence-electron chi connectivity index (χ1n) is 9.79. The normalized spacial score (nSPS) is 23.3. The Bertz CT molecular complexity index is 1190. The monoisotopic (exact) mass is 518 g/mol. The Morgan fingerprint density at radius 2 is 1.91 bits per heavy atom. The first kappa shape index (κ1) is 24.3. The van der Waals surface area contributed by atoms with E-state index in [1.165, 1.54) is 4.57 Å². The number of hydrogen-bond donors (Lipinski definition) is 5. The fraction of sp³-hybridized carbons (Fsp3) is 0.368. The molecule has 4 rings (SSSR count). The van der Waals surface area contributed by atoms with E-state index in [0.29, 0.717) is 28.4 Å². The molecule has 1 fully saturated rings. The molecule has 0 amide bonds. The first-order valence-corrected chi connectivity index (χ1v) is 12.3. The molecule has 14 heteroatoms. The van der Waals surface area contributed by atoms with Gasteiger partial charge in [-0.25, -0.2) is 4.98 Å². The Balaban J connectivity index is 1.55. The summed E-state index contributed by atoms with van der Waals surface area (Å²) in [5.74, 6) is 0.443. The lowest BCUT2D eigenvalue weighted by atomic mass is 10.1. The summed E-state index contributed by atoms with van der Waals surface area (Å²) in [7, 11) is -4.37. The highest BCUT2D eigenvalue weighted by Crippen LogP contribution is 2.36. The number of aliphatic hydroxyl groups excluding tert-OH is 2. The molecule has 1 aliphatic rings. The molecular formula is C19H21Cl2N4O7P. The molecule has 0 bridgehead atoms. The molecule has 3 aromatic rings. The second-order valence-corrected chi connectivity index (χ2v) is 9.79. The lowest BCUT2D eigenvalue weighted by molar-refractivity contribution is -0.0610. The number of halogens is 2. The maximum atomic E-state index is 10.9. The van der Waals surface area contributed by atoms with Crippen LogP contribution in [0.1, 0.15) is 11.8 Å². The number of aliphatic hydroxyl groups is 2. The third-order valence-corrected chi connectivity index (χ3v) is 6.16. The Hall–Kier alpha value is -1.79. The average molecular weight is 519 g/mol. The Labute approximate surface area is 198 Å². The summed E-state index contributed by atoms with van der Waals surface area (Å²) in [5.41, 5.74) is 1.21. The number of anilines is 1. The van der Waals surface area contributed by atoms with Crippen molar-refractivity contribution in [3.8, 4) is 0 Å². The van der Waals surface area contributed by atoms with Crippen molar-refractivity contribution in [2.75, 3.05) is 18.3 Å². The van der Waals surface area contributed by atoms with Crippen molar-refractivity contribution < 1.29 is 34.0 Å². The van der Waals surface area contributed by atoms with E-state index in [-0.39, 0.29) is 11.9 Å². The highest BCUT2D eigenvalue weighted by atomic mass is 35.5. The van der Waals surface area contributed by atoms with Gasteiger partial charge in [-0.3, -0.25) is 4.57 Å². The summed E-state index contributed by atoms with van der Waals surface area (Å²) in [6.45, 7) is 0.0625. The summed E-state index contributed by atoms with van der Waals surface area (Å²) in [4.78, 5) is 26.3. The van der Waals surface area contributed by atoms with E-state index < -0.39 is 38.5 Å². The molecule has 2 aromatic heterocycles. The molecule has 4 atom stereocenters. The van der Waals surface area contributed by atoms with Crippen LogP contribution in [0.2, 0.25) is 10.3 Å². The molecule has 33 heavy (non-hydrogen) atoms. The number of aromatic nitrogens is 3. The predicted octanol–water partition coefficient (Wildman–Crippen LogP) is 2.12. The molecular weight excluding hydrogens is 498 g/mol. The smallest absolute Gasteiger partial charge is 0.350 e. The van der Waals surface area contributed by atoms with Crippen LogP contribution in [-0.2, 0) is 20.6 Å². The molecule has 1 saturated heterocycles. The number of nitrogens with one attached hydrogen (secondary N) is 1. The average Bonchev–Trinajstić information content (AvgIpc) is 3.28. The first-order chi connectivity index (χ1) is 15.6. The minimum absolute atomic E-state index is 0.0429. The standard InChI is InChI=1S/C19H21Cl2N4O7P/c20-12-4-2-1-3-10(12)7-22-16-11-5-6-25(17(11)24-19(21)23-16)18-15(27)14(26)13(32-18)8-31-9-33(28,29)30/h1-6,13-15,18,26-27H,7-9H2,(H,22,23,24)(H2,28,29,30)/t13-,14-,15-,18-/m1/s1. The Kier molecular flexibility index (Phi) is 7.25. The third kappa shape index (κ3) is 5.48. The molecule has 11 nitrogen and oxygen atoms in total. The van der Waals surface area contributed by atoms with E-state index in [2.05, 4.69) is 15.3 Å². The number of benzene rings is 1. The van der Waals surface area contributed by atoms with Crippen molar-refractivity contribution in [3.63, 3.8) is 0 Å². The molecule has 1 aliphatic heterocycles. The minimum Gasteiger partial charge on any atom is -0.387 e. The van der Waals surface area contributed by atoms with E-state index in [1.807, 2.05) is 18.2 Å². The fourth-order valence-electron chi connectivity index (χ4n) is 3.55. The zero-order valence-electron chi connectivity index (χ0n) is 17.0. The van der Waals surface area contributed by atoms with Gasteiger partial charge in [-0.1, -0.05) is 29.8 Å². The summed E-state index contributed by atoms with van der Waals surface area (Å²) in [6.07, 6.45) is -3.96. The molecule has 0 saturated carbocycles. The number of rotatable bonds is 8. The maximum Gasteiger partial charge on any atom is 0.350 e. The highest BCUT2D eigenvalue weighted by molar-refractivity contribution is 7.51. The number of fused-ring (bicyclic) bond motifs is 1. The predicted molar refractivity (Wildman–Crippen MR) is 120 cm³/mol. The summed E-state index contributed by atoms with van der Waals surface area (Å²) >= 11 is 12.3. The number of ether oxygens (including phenoxy) is 2. The van der Waals surface area contributed by atoms with Gasteiger partial charge >= 0.3 is 7.60 Å². The molecule has 178 valence electrons. The van der Waals surface area contributed by atoms with Gasteiger partial charge < -0.3 is 39.4 Å². The molecule has 0 spiro atoms. The highest BCUT2D eigenvalue weighted by Gasteiger charge is 2.44. The van der Waals surface area contributed by atoms with Gasteiger partial charge in [0.05, 0.1) is 12.0 Å². The van der Waals surface area contributed by atoms with E-state index in [9.17, 15) is 14.8 Å². The molecule has 1 aromatic carbocycles. The third-order valence-electron chi connectivity index (χ3n) is 5.10. The SMILES string of the molecule is O=P(O)(O)COC[C@H]1O[C@@H](n2ccc3c(NCc4ccccc4Cl)nc(Cl)nc32)[C@H](O)[C@@H]1O. The van der Waals surface area contributed by atoms with Gasteiger partial charge in [-0.15, -0.1) is 0 Å². The fourth-order valence-corrected chi connectivity index (χ4v) is 4.26. The van der Waals surface area contributed by atoms with Gasteiger partial charge in [-0.05, 0) is 29.3 Å². The summed E-state index contributed by atoms with van der Waals surface area (Å²) in [5, 5.41) is 25.2. The van der Waals surface area contributed by atoms with Crippen LogP contribution in [-0.4, -0.2) is 65.8 Å². The van der Waals surface area contributed by atoms with Gasteiger partial charge in [0.1, 0.15) is 36.1 Å². The van der Waals surface area contributed by atoms with Crippen molar-refractivity contribution >= 4 is 47.6 Å². The summed E-state index contributed by atoms with van der Waals surface area (Å²) < 4.78 is 23.1. The quantitative estimate of drug-likeness (QED) is 0.220. The summed E-state index contributed by atoms with van der Waals surface area (Å²) in [6, 6.07) is 9.06. The van der Waals surface area contributed by atoms with Crippen LogP contribution in [0.25, 0.3) is 11.0 Å². The lowest BCUT2D eigenvalue weighted by Gasteiger charge is -2.18. The topological polar surface area (TPSA) is 159 Å². The van der Waals surface area contributed by atoms with Gasteiger partial charge in [0.25, 0.3) is 0 Å². The zero-order chi connectivity index (χ0) is 23.8. The van der Waals surface area contributed by atoms with Crippen LogP contribution in [0.4, 0.5) is 5.82 Å². The Morgan fingerprint density at radius 3 is 2.64 bits per heavy atom. The van der Waals surface area contributed by atoms with Crippen molar-refractivity contribution in [2.45, 2.75) is 31.1 Å². The van der Waals surface area contributed by atoms with Gasteiger partial charge in [0, 0.05) is 17.8 Å². The van der Waals surface area contributed by atoms with Crippen LogP contribution in [0, 0.1) is 0 Å². The van der Waals surface area contributed by atoms with Gasteiger partial charge in [0.15, 0.2) is 6.23 Å². The molecule has 0 aliphatic carbocycles. The van der Waals surface area contributed by atoms with Crippen LogP contribution < -0.4 is 5.32 Å². The van der Waals surface area contributed by atoms with Crippen LogP contribution in [0.5, 0.6) is 0 Å². The number of nitrogens with zero attached hydrogens (tertiary/aromatic N) is 3. The largest absolute Gasteiger partial charge is 0.387 e. The van der Waals surface area contributed by atoms with Crippen LogP contribution >= 0.6 is 30.8 Å². The Morgan fingerprint density at radius 1 is 1.15 bits per heavy atom. The van der Waals surface area contributed by atoms with E-state index >= 15 is 0 Å². The molecule has 0 radical (unpaired) electrons. The van der Waals surface area contributed by atoms with Crippen LogP contribution in [0.15, 0.2) is 36.5 Å². The van der Waals surface area contributed by atoms with Crippen molar-refractivity contribution in [2.24, 2.45) is 0 Å². The van der Waals surface area contributed by atoms with E-state index in [4.69, 9.17) is 42.5 Å². The van der Waals surface area contributed by atoms with Crippen molar-refractivity contribution in [1.82, 2.24) is 14.5 Å². The number of hydrogen-bond acceptors (Lipinski definition) is 8. The van der Waals surface area contributed by atoms with Crippen molar-refractivity contribution in [3.05, 3.63) is 52.4 Å². The van der Waals surface area contributed by atoms with Crippen LogP contribution in [0.3, 0.4) is 0 Å². The maximum absolute atomic E-state index is 10.9. The van der Waals surface area contributed by atoms with E-state index in [0.717, 1.165) is 5.56 Å². The van der Waals surface area contributed by atoms with Crippen molar-refractivity contribution in [1.29, 1.82) is 0 Å². The van der Waals surface area contributed by atoms with Gasteiger partial charge in [0.2, 0.25) is 5.28 Å². The second kappa shape index (κ2) is 9.83. The molecule has 0 unspecified atom stereocenters. The molecule has 5 N–H and O–H groups in total. The minimum atomic E-state index is -4.37. The zero-order valence-corrected chi connectivity index (χ0v) is 19.4. The van der Waals surface area contributed by atoms with Gasteiger partial charge in [-0.2, -0.15) is 4.98 Å². The second-order valence-electron chi connectivity index (χ2n) is 7.46.